The van der Waals surface area contributed by atoms with Gasteiger partial charge in [0, 0.05) is 12.0 Å². The van der Waals surface area contributed by atoms with Crippen molar-refractivity contribution in [3.63, 3.8) is 0 Å². The van der Waals surface area contributed by atoms with Crippen molar-refractivity contribution in [2.45, 2.75) is 19.3 Å². The van der Waals surface area contributed by atoms with Gasteiger partial charge < -0.3 is 14.7 Å². The summed E-state index contributed by atoms with van der Waals surface area (Å²) >= 11 is 0. The van der Waals surface area contributed by atoms with Gasteiger partial charge in [-0.05, 0) is 30.5 Å². The number of hydrogen-bond acceptors (Lipinski definition) is 4. The van der Waals surface area contributed by atoms with E-state index in [4.69, 9.17) is 9.63 Å². The first-order valence-corrected chi connectivity index (χ1v) is 10.1. The fourth-order valence-electron chi connectivity index (χ4n) is 3.19. The second-order valence-corrected chi connectivity index (χ2v) is 8.66. The molecular formula is C19H19O6P. The van der Waals surface area contributed by atoms with Gasteiger partial charge in [0.15, 0.2) is 0 Å². The molecule has 0 bridgehead atoms. The molecule has 3 rings (SSSR count). The van der Waals surface area contributed by atoms with Crippen LogP contribution in [0.5, 0.6) is 5.75 Å². The van der Waals surface area contributed by atoms with Gasteiger partial charge in [-0.15, -0.1) is 0 Å². The Morgan fingerprint density at radius 3 is 2.35 bits per heavy atom. The van der Waals surface area contributed by atoms with Gasteiger partial charge in [0.25, 0.3) is 7.37 Å². The Balaban J connectivity index is 1.92. The average molecular weight is 374 g/mol. The highest BCUT2D eigenvalue weighted by Gasteiger charge is 2.39. The number of carboxylic acids is 2. The monoisotopic (exact) mass is 374 g/mol. The Morgan fingerprint density at radius 1 is 1.00 bits per heavy atom. The molecule has 1 aliphatic heterocycles. The van der Waals surface area contributed by atoms with E-state index in [9.17, 15) is 19.3 Å². The molecule has 0 fully saturated rings. The van der Waals surface area contributed by atoms with Crippen LogP contribution in [0.15, 0.2) is 48.5 Å². The average Bonchev–Trinajstić information content (AvgIpc) is 2.61. The first-order valence-electron chi connectivity index (χ1n) is 8.33. The van der Waals surface area contributed by atoms with E-state index in [0.717, 1.165) is 11.1 Å². The summed E-state index contributed by atoms with van der Waals surface area (Å²) in [6.07, 6.45) is 0.0744. The van der Waals surface area contributed by atoms with E-state index in [-0.39, 0.29) is 25.4 Å². The first-order chi connectivity index (χ1) is 12.4. The Bertz CT molecular complexity index is 891. The molecule has 2 atom stereocenters. The highest BCUT2D eigenvalue weighted by Crippen LogP contribution is 2.55. The largest absolute Gasteiger partial charge is 0.481 e. The first kappa shape index (κ1) is 18.2. The maximum atomic E-state index is 13.6. The van der Waals surface area contributed by atoms with E-state index in [1.54, 1.807) is 24.3 Å². The third-order valence-electron chi connectivity index (χ3n) is 4.45. The SMILES string of the molecule is O=C(O)CCCC(CP1(=O)Oc2ccccc2-c2ccccc21)C(=O)O. The molecule has 1 aliphatic rings. The minimum Gasteiger partial charge on any atom is -0.481 e. The van der Waals surface area contributed by atoms with Crippen molar-refractivity contribution in [3.05, 3.63) is 48.5 Å². The van der Waals surface area contributed by atoms with Gasteiger partial charge in [-0.2, -0.15) is 0 Å². The predicted octanol–water partition coefficient (Wildman–Crippen LogP) is 3.61. The van der Waals surface area contributed by atoms with Crippen LogP contribution in [0.3, 0.4) is 0 Å². The van der Waals surface area contributed by atoms with Crippen LogP contribution in [0.2, 0.25) is 0 Å². The van der Waals surface area contributed by atoms with E-state index in [1.165, 1.54) is 0 Å². The minimum absolute atomic E-state index is 0.117. The summed E-state index contributed by atoms with van der Waals surface area (Å²) in [7, 11) is -3.44. The topological polar surface area (TPSA) is 101 Å². The number of rotatable bonds is 7. The van der Waals surface area contributed by atoms with Gasteiger partial charge in [-0.3, -0.25) is 14.2 Å². The normalized spacial score (nSPS) is 18.9. The second kappa shape index (κ2) is 7.34. The fourth-order valence-corrected chi connectivity index (χ4v) is 5.83. The maximum absolute atomic E-state index is 13.6. The lowest BCUT2D eigenvalue weighted by atomic mass is 10.0. The van der Waals surface area contributed by atoms with Crippen molar-refractivity contribution in [1.82, 2.24) is 0 Å². The molecule has 2 aromatic carbocycles. The van der Waals surface area contributed by atoms with Crippen LogP contribution in [0, 0.1) is 5.92 Å². The summed E-state index contributed by atoms with van der Waals surface area (Å²) in [5.74, 6) is -2.53. The van der Waals surface area contributed by atoms with Crippen LogP contribution < -0.4 is 9.83 Å². The van der Waals surface area contributed by atoms with Crippen molar-refractivity contribution < 1.29 is 28.9 Å². The van der Waals surface area contributed by atoms with E-state index >= 15 is 0 Å². The molecule has 136 valence electrons. The van der Waals surface area contributed by atoms with Crippen LogP contribution in [0.1, 0.15) is 19.3 Å². The number of carbonyl (C=O) groups is 2. The van der Waals surface area contributed by atoms with Crippen molar-refractivity contribution in [2.75, 3.05) is 6.16 Å². The summed E-state index contributed by atoms with van der Waals surface area (Å²) in [4.78, 5) is 22.3. The Kier molecular flexibility index (Phi) is 5.14. The lowest BCUT2D eigenvalue weighted by Crippen LogP contribution is -2.26. The number of aliphatic carboxylic acids is 2. The highest BCUT2D eigenvalue weighted by molar-refractivity contribution is 7.67. The zero-order valence-electron chi connectivity index (χ0n) is 14.0. The number of carboxylic acid groups (broad SMARTS) is 2. The summed E-state index contributed by atoms with van der Waals surface area (Å²) in [6.45, 7) is 0. The predicted molar refractivity (Wildman–Crippen MR) is 97.2 cm³/mol. The van der Waals surface area contributed by atoms with Crippen molar-refractivity contribution in [1.29, 1.82) is 0 Å². The van der Waals surface area contributed by atoms with Gasteiger partial charge >= 0.3 is 11.9 Å². The van der Waals surface area contributed by atoms with Crippen molar-refractivity contribution in [3.8, 4) is 16.9 Å². The number of hydrogen-bond donors (Lipinski definition) is 2. The zero-order chi connectivity index (χ0) is 18.7. The van der Waals surface area contributed by atoms with Gasteiger partial charge in [-0.1, -0.05) is 36.4 Å². The van der Waals surface area contributed by atoms with Gasteiger partial charge in [0.05, 0.1) is 17.4 Å². The molecule has 2 aromatic rings. The third kappa shape index (κ3) is 3.65. The van der Waals surface area contributed by atoms with Crippen LogP contribution in [-0.4, -0.2) is 28.3 Å². The lowest BCUT2D eigenvalue weighted by molar-refractivity contribution is -0.142. The number of fused-ring (bicyclic) bond motifs is 3. The molecule has 7 heteroatoms. The molecule has 0 radical (unpaired) electrons. The van der Waals surface area contributed by atoms with Crippen LogP contribution >= 0.6 is 7.37 Å². The summed E-state index contributed by atoms with van der Waals surface area (Å²) in [5.41, 5.74) is 1.61. The van der Waals surface area contributed by atoms with Gasteiger partial charge in [0.1, 0.15) is 5.75 Å². The number of benzene rings is 2. The molecule has 1 heterocycles. The van der Waals surface area contributed by atoms with Crippen molar-refractivity contribution in [2.24, 2.45) is 5.92 Å². The molecule has 0 amide bonds. The Hall–Kier alpha value is -2.59. The third-order valence-corrected chi connectivity index (χ3v) is 6.98. The summed E-state index contributed by atoms with van der Waals surface area (Å²) in [5, 5.41) is 18.8. The molecule has 2 unspecified atom stereocenters. The van der Waals surface area contributed by atoms with Crippen LogP contribution in [0.25, 0.3) is 11.1 Å². The smallest absolute Gasteiger partial charge is 0.307 e. The van der Waals surface area contributed by atoms with E-state index in [0.29, 0.717) is 11.1 Å². The molecule has 26 heavy (non-hydrogen) atoms. The maximum Gasteiger partial charge on any atom is 0.307 e. The van der Waals surface area contributed by atoms with E-state index in [2.05, 4.69) is 0 Å². The lowest BCUT2D eigenvalue weighted by Gasteiger charge is -2.30. The standard InChI is InChI=1S/C19H19O6P/c20-18(21)11-5-6-13(19(22)23)12-26(24)17-10-4-2-8-15(17)14-7-1-3-9-16(14)25-26/h1-4,7-10,13H,5-6,11-12H2,(H,20,21)(H,22,23). The zero-order valence-corrected chi connectivity index (χ0v) is 14.9. The van der Waals surface area contributed by atoms with Crippen LogP contribution in [0.4, 0.5) is 0 Å². The second-order valence-electron chi connectivity index (χ2n) is 6.28. The van der Waals surface area contributed by atoms with E-state index in [1.807, 2.05) is 24.3 Å². The quantitative estimate of drug-likeness (QED) is 0.718. The Labute approximate surface area is 150 Å². The van der Waals surface area contributed by atoms with Gasteiger partial charge in [0.2, 0.25) is 0 Å². The molecule has 0 aliphatic carbocycles. The van der Waals surface area contributed by atoms with Gasteiger partial charge in [-0.25, -0.2) is 0 Å². The van der Waals surface area contributed by atoms with Crippen molar-refractivity contribution >= 4 is 24.6 Å². The molecule has 0 aromatic heterocycles. The van der Waals surface area contributed by atoms with Crippen LogP contribution in [-0.2, 0) is 14.2 Å². The summed E-state index contributed by atoms with van der Waals surface area (Å²) in [6, 6.07) is 14.4. The summed E-state index contributed by atoms with van der Waals surface area (Å²) < 4.78 is 19.5. The molecule has 0 saturated heterocycles. The fraction of sp³-hybridized carbons (Fsp3) is 0.263. The molecule has 2 N–H and O–H groups in total. The van der Waals surface area contributed by atoms with E-state index < -0.39 is 25.2 Å². The molecule has 0 spiro atoms. The molecule has 6 nitrogen and oxygen atoms in total. The minimum atomic E-state index is -3.44. The number of para-hydroxylation sites is 1. The Morgan fingerprint density at radius 2 is 1.65 bits per heavy atom. The molecular weight excluding hydrogens is 355 g/mol. The highest BCUT2D eigenvalue weighted by atomic mass is 31.2. The molecule has 0 saturated carbocycles.